The van der Waals surface area contributed by atoms with Crippen molar-refractivity contribution in [1.82, 2.24) is 4.98 Å². The maximum Gasteiger partial charge on any atom is 0.277 e. The number of amides is 1. The van der Waals surface area contributed by atoms with Crippen LogP contribution in [0.1, 0.15) is 15.5 Å². The summed E-state index contributed by atoms with van der Waals surface area (Å²) in [5.41, 5.74) is 10.6. The second-order valence-corrected chi connectivity index (χ2v) is 3.06. The Labute approximate surface area is 72.2 Å². The first-order valence-corrected chi connectivity index (χ1v) is 3.95. The van der Waals surface area contributed by atoms with Gasteiger partial charge in [-0.15, -0.1) is 11.3 Å². The van der Waals surface area contributed by atoms with Crippen LogP contribution in [0.4, 0.5) is 0 Å². The number of carbonyl (C=O) groups is 1. The van der Waals surface area contributed by atoms with Gasteiger partial charge in [0.05, 0.1) is 0 Å². The second kappa shape index (κ2) is 2.93. The monoisotopic (exact) mass is 187 g/mol. The molecule has 1 amide bonds. The SMILES string of the molecule is NC(=O)c1nc(C(N)=S)cs1. The van der Waals surface area contributed by atoms with E-state index in [0.717, 1.165) is 11.3 Å². The summed E-state index contributed by atoms with van der Waals surface area (Å²) >= 11 is 5.76. The third kappa shape index (κ3) is 1.72. The van der Waals surface area contributed by atoms with Crippen LogP contribution in [-0.4, -0.2) is 15.9 Å². The van der Waals surface area contributed by atoms with Gasteiger partial charge < -0.3 is 11.5 Å². The van der Waals surface area contributed by atoms with E-state index >= 15 is 0 Å². The Morgan fingerprint density at radius 2 is 2.27 bits per heavy atom. The molecule has 0 saturated heterocycles. The van der Waals surface area contributed by atoms with Crippen molar-refractivity contribution in [3.8, 4) is 0 Å². The number of hydrogen-bond donors (Lipinski definition) is 2. The van der Waals surface area contributed by atoms with Crippen LogP contribution in [0.15, 0.2) is 5.38 Å². The molecular formula is C5H5N3OS2. The molecule has 11 heavy (non-hydrogen) atoms. The fourth-order valence-corrected chi connectivity index (χ4v) is 1.35. The van der Waals surface area contributed by atoms with Crippen molar-refractivity contribution in [2.45, 2.75) is 0 Å². The standard InChI is InChI=1S/C5H5N3OS2/c6-3(9)5-8-2(1-11-5)4(7)10/h1H,(H2,6,9)(H2,7,10). The summed E-state index contributed by atoms with van der Waals surface area (Å²) < 4.78 is 0. The maximum absolute atomic E-state index is 10.5. The number of primary amides is 1. The van der Waals surface area contributed by atoms with Gasteiger partial charge >= 0.3 is 0 Å². The molecule has 0 aliphatic rings. The van der Waals surface area contributed by atoms with Crippen LogP contribution in [0, 0.1) is 0 Å². The maximum atomic E-state index is 10.5. The Balaban J connectivity index is 2.99. The number of hydrogen-bond acceptors (Lipinski definition) is 4. The van der Waals surface area contributed by atoms with E-state index in [4.69, 9.17) is 11.5 Å². The summed E-state index contributed by atoms with van der Waals surface area (Å²) in [6.07, 6.45) is 0. The van der Waals surface area contributed by atoms with E-state index in [0.29, 0.717) is 5.69 Å². The molecule has 0 fully saturated rings. The summed E-state index contributed by atoms with van der Waals surface area (Å²) in [5.74, 6) is -0.558. The topological polar surface area (TPSA) is 82.0 Å². The number of nitrogens with two attached hydrogens (primary N) is 2. The molecule has 0 aliphatic carbocycles. The first-order valence-electron chi connectivity index (χ1n) is 2.66. The third-order valence-corrected chi connectivity index (χ3v) is 2.03. The van der Waals surface area contributed by atoms with Crippen LogP contribution in [0.5, 0.6) is 0 Å². The van der Waals surface area contributed by atoms with Gasteiger partial charge in [-0.05, 0) is 0 Å². The predicted molar refractivity (Wildman–Crippen MR) is 46.5 cm³/mol. The van der Waals surface area contributed by atoms with Crippen molar-refractivity contribution in [3.63, 3.8) is 0 Å². The molecule has 1 heterocycles. The van der Waals surface area contributed by atoms with E-state index in [-0.39, 0.29) is 10.00 Å². The largest absolute Gasteiger partial charge is 0.388 e. The van der Waals surface area contributed by atoms with Gasteiger partial charge in [-0.2, -0.15) is 0 Å². The lowest BCUT2D eigenvalue weighted by molar-refractivity contribution is 0.1000. The average molecular weight is 187 g/mol. The fraction of sp³-hybridized carbons (Fsp3) is 0. The zero-order valence-electron chi connectivity index (χ0n) is 5.40. The number of rotatable bonds is 2. The molecule has 1 aromatic heterocycles. The van der Waals surface area contributed by atoms with Crippen molar-refractivity contribution in [3.05, 3.63) is 16.1 Å². The molecule has 1 aromatic rings. The third-order valence-electron chi connectivity index (χ3n) is 0.967. The van der Waals surface area contributed by atoms with Crippen molar-refractivity contribution >= 4 is 34.5 Å². The second-order valence-electron chi connectivity index (χ2n) is 1.77. The van der Waals surface area contributed by atoms with E-state index in [1.165, 1.54) is 0 Å². The molecule has 0 aromatic carbocycles. The Morgan fingerprint density at radius 3 is 2.55 bits per heavy atom. The molecule has 0 atom stereocenters. The van der Waals surface area contributed by atoms with E-state index in [2.05, 4.69) is 17.2 Å². The highest BCUT2D eigenvalue weighted by atomic mass is 32.1. The molecule has 0 saturated carbocycles. The van der Waals surface area contributed by atoms with Crippen LogP contribution in [0.3, 0.4) is 0 Å². The minimum atomic E-state index is -0.558. The van der Waals surface area contributed by atoms with Gasteiger partial charge in [-0.3, -0.25) is 4.79 Å². The number of thiocarbonyl (C=S) groups is 1. The Bertz CT molecular complexity index is 278. The molecule has 0 bridgehead atoms. The van der Waals surface area contributed by atoms with Crippen molar-refractivity contribution in [2.75, 3.05) is 0 Å². The normalized spacial score (nSPS) is 9.45. The molecule has 0 spiro atoms. The van der Waals surface area contributed by atoms with Crippen LogP contribution in [0.25, 0.3) is 0 Å². The molecule has 0 radical (unpaired) electrons. The minimum Gasteiger partial charge on any atom is -0.388 e. The van der Waals surface area contributed by atoms with E-state index < -0.39 is 5.91 Å². The summed E-state index contributed by atoms with van der Waals surface area (Å²) in [4.78, 5) is 14.5. The minimum absolute atomic E-state index is 0.175. The van der Waals surface area contributed by atoms with E-state index in [9.17, 15) is 4.79 Å². The van der Waals surface area contributed by atoms with Crippen LogP contribution < -0.4 is 11.5 Å². The van der Waals surface area contributed by atoms with Gasteiger partial charge in [0.15, 0.2) is 5.01 Å². The average Bonchev–Trinajstić information content (AvgIpc) is 2.33. The van der Waals surface area contributed by atoms with E-state index in [1.807, 2.05) is 0 Å². The summed E-state index contributed by atoms with van der Waals surface area (Å²) in [5, 5.41) is 1.83. The Hall–Kier alpha value is -1.01. The lowest BCUT2D eigenvalue weighted by atomic mass is 10.5. The Morgan fingerprint density at radius 1 is 1.64 bits per heavy atom. The Kier molecular flexibility index (Phi) is 2.16. The smallest absolute Gasteiger partial charge is 0.277 e. The number of aromatic nitrogens is 1. The highest BCUT2D eigenvalue weighted by molar-refractivity contribution is 7.80. The zero-order chi connectivity index (χ0) is 8.43. The number of nitrogens with zero attached hydrogens (tertiary/aromatic N) is 1. The van der Waals surface area contributed by atoms with Crippen LogP contribution in [-0.2, 0) is 0 Å². The quantitative estimate of drug-likeness (QED) is 0.632. The van der Waals surface area contributed by atoms with Crippen molar-refractivity contribution < 1.29 is 4.79 Å². The lowest BCUT2D eigenvalue weighted by Gasteiger charge is -1.86. The summed E-state index contributed by atoms with van der Waals surface area (Å²) in [6, 6.07) is 0. The van der Waals surface area contributed by atoms with Gasteiger partial charge in [0.1, 0.15) is 10.7 Å². The van der Waals surface area contributed by atoms with Crippen LogP contribution in [0.2, 0.25) is 0 Å². The van der Waals surface area contributed by atoms with Gasteiger partial charge in [0.25, 0.3) is 5.91 Å². The van der Waals surface area contributed by atoms with Gasteiger partial charge in [-0.25, -0.2) is 4.98 Å². The highest BCUT2D eigenvalue weighted by Gasteiger charge is 2.07. The van der Waals surface area contributed by atoms with Gasteiger partial charge in [0.2, 0.25) is 0 Å². The summed E-state index contributed by atoms with van der Waals surface area (Å²) in [7, 11) is 0. The molecule has 4 N–H and O–H groups in total. The molecule has 58 valence electrons. The number of thiazole rings is 1. The molecule has 0 aliphatic heterocycles. The first kappa shape index (κ1) is 8.09. The number of carbonyl (C=O) groups excluding carboxylic acids is 1. The molecule has 1 rings (SSSR count). The van der Waals surface area contributed by atoms with E-state index in [1.54, 1.807) is 5.38 Å². The van der Waals surface area contributed by atoms with Crippen LogP contribution >= 0.6 is 23.6 Å². The summed E-state index contributed by atoms with van der Waals surface area (Å²) in [6.45, 7) is 0. The first-order chi connectivity index (χ1) is 5.11. The predicted octanol–water partition coefficient (Wildman–Crippen LogP) is -0.124. The van der Waals surface area contributed by atoms with Gasteiger partial charge in [0, 0.05) is 5.38 Å². The van der Waals surface area contributed by atoms with Gasteiger partial charge in [-0.1, -0.05) is 12.2 Å². The highest BCUT2D eigenvalue weighted by Crippen LogP contribution is 2.08. The fourth-order valence-electron chi connectivity index (χ4n) is 0.500. The zero-order valence-corrected chi connectivity index (χ0v) is 7.04. The molecule has 4 nitrogen and oxygen atoms in total. The molecular weight excluding hydrogens is 182 g/mol. The molecule has 6 heteroatoms. The molecule has 0 unspecified atom stereocenters. The lowest BCUT2D eigenvalue weighted by Crippen LogP contribution is -2.13. The van der Waals surface area contributed by atoms with Crippen molar-refractivity contribution in [2.24, 2.45) is 11.5 Å². The van der Waals surface area contributed by atoms with Crippen molar-refractivity contribution in [1.29, 1.82) is 0 Å².